The van der Waals surface area contributed by atoms with E-state index in [9.17, 15) is 8.42 Å². The van der Waals surface area contributed by atoms with Crippen molar-refractivity contribution in [3.8, 4) is 0 Å². The van der Waals surface area contributed by atoms with Gasteiger partial charge in [0, 0.05) is 12.1 Å². The van der Waals surface area contributed by atoms with Gasteiger partial charge in [-0.1, -0.05) is 25.5 Å². The van der Waals surface area contributed by atoms with Gasteiger partial charge in [-0.05, 0) is 50.8 Å². The molecule has 4 heteroatoms. The summed E-state index contributed by atoms with van der Waals surface area (Å²) in [6.07, 6.45) is 3.95. The highest BCUT2D eigenvalue weighted by molar-refractivity contribution is 7.89. The molecular formula is C15H23NO2S. The number of hydrogen-bond acceptors (Lipinski definition) is 2. The Hall–Kier alpha value is -0.870. The number of rotatable bonds is 3. The second kappa shape index (κ2) is 5.63. The zero-order chi connectivity index (χ0) is 14.0. The van der Waals surface area contributed by atoms with Crippen molar-refractivity contribution >= 4 is 10.0 Å². The summed E-state index contributed by atoms with van der Waals surface area (Å²) in [7, 11) is -3.35. The van der Waals surface area contributed by atoms with Gasteiger partial charge < -0.3 is 0 Å². The Kier molecular flexibility index (Phi) is 4.31. The van der Waals surface area contributed by atoms with Gasteiger partial charge >= 0.3 is 0 Å². The van der Waals surface area contributed by atoms with Crippen LogP contribution in [0.5, 0.6) is 0 Å². The Morgan fingerprint density at radius 1 is 1.11 bits per heavy atom. The van der Waals surface area contributed by atoms with E-state index in [1.54, 1.807) is 16.4 Å². The monoisotopic (exact) mass is 281 g/mol. The van der Waals surface area contributed by atoms with Crippen LogP contribution >= 0.6 is 0 Å². The van der Waals surface area contributed by atoms with E-state index in [0.717, 1.165) is 25.7 Å². The van der Waals surface area contributed by atoms with E-state index in [2.05, 4.69) is 6.92 Å². The molecule has 2 rings (SSSR count). The first kappa shape index (κ1) is 14.5. The van der Waals surface area contributed by atoms with Gasteiger partial charge in [0.1, 0.15) is 0 Å². The van der Waals surface area contributed by atoms with Crippen molar-refractivity contribution in [1.82, 2.24) is 4.31 Å². The van der Waals surface area contributed by atoms with Crippen LogP contribution in [-0.2, 0) is 16.4 Å². The van der Waals surface area contributed by atoms with E-state index in [1.165, 1.54) is 5.56 Å². The second-order valence-electron chi connectivity index (χ2n) is 5.46. The number of nitrogens with zero attached hydrogens (tertiary/aromatic N) is 1. The highest BCUT2D eigenvalue weighted by Gasteiger charge is 2.35. The van der Waals surface area contributed by atoms with Gasteiger partial charge in [0.2, 0.25) is 10.0 Å². The molecule has 3 nitrogen and oxygen atoms in total. The average Bonchev–Trinajstić information content (AvgIpc) is 2.38. The molecule has 0 spiro atoms. The summed E-state index contributed by atoms with van der Waals surface area (Å²) in [6, 6.07) is 7.49. The molecule has 2 atom stereocenters. The molecule has 19 heavy (non-hydrogen) atoms. The van der Waals surface area contributed by atoms with E-state index >= 15 is 0 Å². The number of sulfonamides is 1. The van der Waals surface area contributed by atoms with Gasteiger partial charge in [-0.2, -0.15) is 4.31 Å². The molecular weight excluding hydrogens is 258 g/mol. The molecule has 0 unspecified atom stereocenters. The lowest BCUT2D eigenvalue weighted by atomic mass is 10.0. The fraction of sp³-hybridized carbons (Fsp3) is 0.600. The summed E-state index contributed by atoms with van der Waals surface area (Å²) >= 11 is 0. The largest absolute Gasteiger partial charge is 0.243 e. The van der Waals surface area contributed by atoms with Crippen LogP contribution in [0.2, 0.25) is 0 Å². The summed E-state index contributed by atoms with van der Waals surface area (Å²) in [5, 5.41) is 0. The van der Waals surface area contributed by atoms with E-state index < -0.39 is 10.0 Å². The van der Waals surface area contributed by atoms with Crippen LogP contribution in [0, 0.1) is 0 Å². The van der Waals surface area contributed by atoms with Gasteiger partial charge in [0.25, 0.3) is 0 Å². The topological polar surface area (TPSA) is 37.4 Å². The first-order chi connectivity index (χ1) is 8.96. The van der Waals surface area contributed by atoms with Crippen LogP contribution in [0.1, 0.15) is 45.6 Å². The van der Waals surface area contributed by atoms with Gasteiger partial charge in [-0.15, -0.1) is 0 Å². The third-order valence-corrected chi connectivity index (χ3v) is 6.16. The molecule has 0 amide bonds. The lowest BCUT2D eigenvalue weighted by Gasteiger charge is -2.37. The first-order valence-electron chi connectivity index (χ1n) is 7.09. The van der Waals surface area contributed by atoms with Gasteiger partial charge in [0.15, 0.2) is 0 Å². The van der Waals surface area contributed by atoms with Crippen molar-refractivity contribution < 1.29 is 8.42 Å². The Morgan fingerprint density at radius 3 is 2.11 bits per heavy atom. The molecule has 0 saturated carbocycles. The maximum absolute atomic E-state index is 12.7. The highest BCUT2D eigenvalue weighted by atomic mass is 32.2. The molecule has 0 aromatic heterocycles. The van der Waals surface area contributed by atoms with Crippen molar-refractivity contribution in [2.24, 2.45) is 0 Å². The van der Waals surface area contributed by atoms with Crippen molar-refractivity contribution in [1.29, 1.82) is 0 Å². The van der Waals surface area contributed by atoms with Crippen LogP contribution in [0.25, 0.3) is 0 Å². The number of hydrogen-bond donors (Lipinski definition) is 0. The average molecular weight is 281 g/mol. The Balaban J connectivity index is 2.34. The number of benzene rings is 1. The Morgan fingerprint density at radius 2 is 1.63 bits per heavy atom. The molecule has 1 aliphatic rings. The molecule has 0 bridgehead atoms. The maximum atomic E-state index is 12.7. The minimum absolute atomic E-state index is 0.0969. The maximum Gasteiger partial charge on any atom is 0.243 e. The molecule has 106 valence electrons. The molecule has 1 saturated heterocycles. The number of aryl methyl sites for hydroxylation is 1. The summed E-state index contributed by atoms with van der Waals surface area (Å²) in [6.45, 7) is 6.08. The summed E-state index contributed by atoms with van der Waals surface area (Å²) < 4.78 is 27.2. The molecule has 1 heterocycles. The predicted octanol–water partition coefficient (Wildman–Crippen LogP) is 3.20. The highest BCUT2D eigenvalue weighted by Crippen LogP contribution is 2.29. The van der Waals surface area contributed by atoms with Crippen molar-refractivity contribution in [3.63, 3.8) is 0 Å². The normalized spacial score (nSPS) is 25.4. The molecule has 0 radical (unpaired) electrons. The summed E-state index contributed by atoms with van der Waals surface area (Å²) in [4.78, 5) is 0.422. The fourth-order valence-electron chi connectivity index (χ4n) is 2.89. The summed E-state index contributed by atoms with van der Waals surface area (Å²) in [5.41, 5.74) is 1.17. The van der Waals surface area contributed by atoms with Crippen molar-refractivity contribution in [3.05, 3.63) is 29.8 Å². The van der Waals surface area contributed by atoms with Crippen LogP contribution in [0.15, 0.2) is 29.2 Å². The lowest BCUT2D eigenvalue weighted by molar-refractivity contribution is 0.204. The molecule has 0 N–H and O–H groups in total. The first-order valence-corrected chi connectivity index (χ1v) is 8.53. The summed E-state index contributed by atoms with van der Waals surface area (Å²) in [5.74, 6) is 0. The third-order valence-electron chi connectivity index (χ3n) is 4.02. The van der Waals surface area contributed by atoms with Gasteiger partial charge in [-0.3, -0.25) is 0 Å². The standard InChI is InChI=1S/C15H23NO2S/c1-4-14-8-10-15(11-9-14)19(17,18)16-12(2)6-5-7-13(16)3/h8-13H,4-7H2,1-3H3/t12-,13-/m0/s1. The third kappa shape index (κ3) is 2.84. The number of piperidine rings is 1. The molecule has 1 aromatic rings. The smallest absolute Gasteiger partial charge is 0.207 e. The fourth-order valence-corrected chi connectivity index (χ4v) is 4.77. The zero-order valence-electron chi connectivity index (χ0n) is 12.0. The molecule has 1 aromatic carbocycles. The minimum Gasteiger partial charge on any atom is -0.207 e. The predicted molar refractivity (Wildman–Crippen MR) is 77.6 cm³/mol. The van der Waals surface area contributed by atoms with E-state index in [-0.39, 0.29) is 12.1 Å². The Labute approximate surface area is 116 Å². The SMILES string of the molecule is CCc1ccc(S(=O)(=O)N2[C@@H](C)CCC[C@@H]2C)cc1. The van der Waals surface area contributed by atoms with E-state index in [1.807, 2.05) is 26.0 Å². The van der Waals surface area contributed by atoms with E-state index in [4.69, 9.17) is 0 Å². The lowest BCUT2D eigenvalue weighted by Crippen LogP contribution is -2.47. The van der Waals surface area contributed by atoms with Crippen LogP contribution in [0.4, 0.5) is 0 Å². The zero-order valence-corrected chi connectivity index (χ0v) is 12.8. The van der Waals surface area contributed by atoms with Crippen LogP contribution in [-0.4, -0.2) is 24.8 Å². The van der Waals surface area contributed by atoms with Gasteiger partial charge in [-0.25, -0.2) is 8.42 Å². The van der Waals surface area contributed by atoms with Crippen LogP contribution in [0.3, 0.4) is 0 Å². The van der Waals surface area contributed by atoms with E-state index in [0.29, 0.717) is 4.90 Å². The minimum atomic E-state index is -3.35. The van der Waals surface area contributed by atoms with Crippen LogP contribution < -0.4 is 0 Å². The molecule has 1 aliphatic heterocycles. The second-order valence-corrected chi connectivity index (χ2v) is 7.30. The molecule has 0 aliphatic carbocycles. The van der Waals surface area contributed by atoms with Crippen molar-refractivity contribution in [2.75, 3.05) is 0 Å². The van der Waals surface area contributed by atoms with Gasteiger partial charge in [0.05, 0.1) is 4.90 Å². The molecule has 1 fully saturated rings. The van der Waals surface area contributed by atoms with Crippen molar-refractivity contribution in [2.45, 2.75) is 63.4 Å². The Bertz CT molecular complexity index is 512. The quantitative estimate of drug-likeness (QED) is 0.853.